The number of nitrogens with zero attached hydrogens (tertiary/aromatic N) is 2. The van der Waals surface area contributed by atoms with Gasteiger partial charge in [-0.25, -0.2) is 13.5 Å². The first-order valence-electron chi connectivity index (χ1n) is 10.0. The highest BCUT2D eigenvalue weighted by molar-refractivity contribution is 5.37. The summed E-state index contributed by atoms with van der Waals surface area (Å²) in [6, 6.07) is 9.53. The van der Waals surface area contributed by atoms with Gasteiger partial charge in [-0.1, -0.05) is 51.8 Å². The zero-order valence-electron chi connectivity index (χ0n) is 16.8. The summed E-state index contributed by atoms with van der Waals surface area (Å²) < 4.78 is 27.1. The molecule has 0 N–H and O–H groups in total. The number of aromatic nitrogens is 2. The Morgan fingerprint density at radius 3 is 2.37 bits per heavy atom. The first kappa shape index (κ1) is 21.3. The third-order valence-corrected chi connectivity index (χ3v) is 4.92. The van der Waals surface area contributed by atoms with E-state index < -0.39 is 6.43 Å². The van der Waals surface area contributed by atoms with Gasteiger partial charge in [0.1, 0.15) is 0 Å². The van der Waals surface area contributed by atoms with Crippen LogP contribution in [0.25, 0.3) is 5.69 Å². The molecule has 1 heterocycles. The molecule has 0 saturated carbocycles. The van der Waals surface area contributed by atoms with Gasteiger partial charge in [-0.15, -0.1) is 6.58 Å². The third kappa shape index (κ3) is 6.30. The van der Waals surface area contributed by atoms with Crippen LogP contribution in [-0.2, 0) is 12.8 Å². The predicted octanol–water partition coefficient (Wildman–Crippen LogP) is 6.73. The first-order valence-corrected chi connectivity index (χ1v) is 10.0. The van der Waals surface area contributed by atoms with Crippen molar-refractivity contribution >= 4 is 0 Å². The van der Waals surface area contributed by atoms with Gasteiger partial charge in [0.05, 0.1) is 11.4 Å². The minimum atomic E-state index is -2.32. The largest absolute Gasteiger partial charge is 0.242 e. The van der Waals surface area contributed by atoms with Gasteiger partial charge in [0.25, 0.3) is 0 Å². The average Bonchev–Trinajstić information content (AvgIpc) is 3.04. The van der Waals surface area contributed by atoms with E-state index in [0.29, 0.717) is 17.4 Å². The fourth-order valence-corrected chi connectivity index (χ4v) is 3.52. The lowest BCUT2D eigenvalue weighted by Crippen LogP contribution is -2.07. The molecule has 148 valence electrons. The number of benzene rings is 1. The number of rotatable bonds is 11. The Morgan fingerprint density at radius 1 is 1.11 bits per heavy atom. The normalized spacial score (nSPS) is 12.7. The summed E-state index contributed by atoms with van der Waals surface area (Å²) in [6.07, 6.45) is 4.98. The lowest BCUT2D eigenvalue weighted by Gasteiger charge is -2.13. The zero-order chi connectivity index (χ0) is 19.8. The van der Waals surface area contributed by atoms with E-state index in [1.165, 1.54) is 12.8 Å². The summed E-state index contributed by atoms with van der Waals surface area (Å²) >= 11 is 0. The van der Waals surface area contributed by atoms with Crippen molar-refractivity contribution in [3.63, 3.8) is 0 Å². The highest BCUT2D eigenvalue weighted by Crippen LogP contribution is 2.25. The van der Waals surface area contributed by atoms with Gasteiger partial charge in [0, 0.05) is 12.1 Å². The fraction of sp³-hybridized carbons (Fsp3) is 0.522. The molecule has 2 rings (SSSR count). The van der Waals surface area contributed by atoms with Gasteiger partial charge in [0.2, 0.25) is 6.43 Å². The van der Waals surface area contributed by atoms with Crippen LogP contribution in [0, 0.1) is 5.92 Å². The van der Waals surface area contributed by atoms with E-state index in [9.17, 15) is 8.78 Å². The Morgan fingerprint density at radius 2 is 1.81 bits per heavy atom. The highest BCUT2D eigenvalue weighted by atomic mass is 19.3. The number of hydrogen-bond donors (Lipinski definition) is 0. The van der Waals surface area contributed by atoms with Crippen LogP contribution in [0.1, 0.15) is 69.3 Å². The maximum Gasteiger partial charge on any atom is 0.242 e. The van der Waals surface area contributed by atoms with E-state index in [1.807, 2.05) is 22.9 Å². The van der Waals surface area contributed by atoms with E-state index in [2.05, 4.69) is 33.4 Å². The van der Waals surface area contributed by atoms with Crippen LogP contribution in [0.2, 0.25) is 0 Å². The van der Waals surface area contributed by atoms with Crippen LogP contribution < -0.4 is 0 Å². The van der Waals surface area contributed by atoms with Gasteiger partial charge < -0.3 is 0 Å². The van der Waals surface area contributed by atoms with E-state index >= 15 is 0 Å². The molecule has 4 heteroatoms. The second kappa shape index (κ2) is 10.4. The molecule has 0 radical (unpaired) electrons. The molecule has 2 aromatic rings. The van der Waals surface area contributed by atoms with Crippen molar-refractivity contribution in [2.75, 3.05) is 0 Å². The topological polar surface area (TPSA) is 17.8 Å². The molecule has 0 spiro atoms. The summed E-state index contributed by atoms with van der Waals surface area (Å²) in [5, 5.41) is 4.87. The summed E-state index contributed by atoms with van der Waals surface area (Å²) in [5.41, 5.74) is 3.85. The molecular weight excluding hydrogens is 342 g/mol. The molecule has 27 heavy (non-hydrogen) atoms. The minimum Gasteiger partial charge on any atom is -0.237 e. The molecular formula is C23H32F2N2. The molecule has 1 aromatic heterocycles. The van der Waals surface area contributed by atoms with Gasteiger partial charge in [-0.3, -0.25) is 0 Å². The van der Waals surface area contributed by atoms with Crippen LogP contribution in [0.15, 0.2) is 43.0 Å². The molecule has 1 unspecified atom stereocenters. The summed E-state index contributed by atoms with van der Waals surface area (Å²) in [5.74, 6) is 0.953. The van der Waals surface area contributed by atoms with Crippen LogP contribution in [0.3, 0.4) is 0 Å². The van der Waals surface area contributed by atoms with Crippen molar-refractivity contribution in [1.29, 1.82) is 0 Å². The number of allylic oxidation sites excluding steroid dienone is 1. The molecule has 1 aromatic carbocycles. The zero-order valence-corrected chi connectivity index (χ0v) is 16.8. The SMILES string of the molecule is C=CCCC(CCC)Cc1cc(C(C)C)n(-c2ccc(CC(F)F)cc2)n1. The van der Waals surface area contributed by atoms with E-state index in [-0.39, 0.29) is 6.42 Å². The van der Waals surface area contributed by atoms with Gasteiger partial charge in [0.15, 0.2) is 0 Å². The standard InChI is InChI=1S/C23H32F2N2/c1-5-7-9-18(8-6-2)14-20-16-22(17(3)4)27(26-20)21-12-10-19(11-13-21)15-23(24)25/h5,10-13,16-18,23H,1,6-9,14-15H2,2-4H3. The minimum absolute atomic E-state index is 0.205. The monoisotopic (exact) mass is 374 g/mol. The van der Waals surface area contributed by atoms with Crippen molar-refractivity contribution in [3.05, 3.63) is 59.9 Å². The van der Waals surface area contributed by atoms with E-state index in [1.54, 1.807) is 12.1 Å². The maximum atomic E-state index is 12.6. The third-order valence-electron chi connectivity index (χ3n) is 4.92. The Bertz CT molecular complexity index is 702. The summed E-state index contributed by atoms with van der Waals surface area (Å²) in [6.45, 7) is 10.4. The second-order valence-electron chi connectivity index (χ2n) is 7.61. The molecule has 0 saturated heterocycles. The molecule has 0 aliphatic carbocycles. The molecule has 0 bridgehead atoms. The molecule has 0 fully saturated rings. The molecule has 0 amide bonds. The van der Waals surface area contributed by atoms with Crippen molar-refractivity contribution in [2.24, 2.45) is 5.92 Å². The van der Waals surface area contributed by atoms with Gasteiger partial charge >= 0.3 is 0 Å². The van der Waals surface area contributed by atoms with Crippen LogP contribution in [0.5, 0.6) is 0 Å². The predicted molar refractivity (Wildman–Crippen MR) is 109 cm³/mol. The number of halogens is 2. The number of alkyl halides is 2. The lowest BCUT2D eigenvalue weighted by atomic mass is 9.93. The second-order valence-corrected chi connectivity index (χ2v) is 7.61. The molecule has 0 aliphatic rings. The Kier molecular flexibility index (Phi) is 8.21. The average molecular weight is 375 g/mol. The fourth-order valence-electron chi connectivity index (χ4n) is 3.52. The first-order chi connectivity index (χ1) is 12.9. The van der Waals surface area contributed by atoms with Crippen molar-refractivity contribution < 1.29 is 8.78 Å². The molecule has 1 atom stereocenters. The van der Waals surface area contributed by atoms with Crippen LogP contribution in [-0.4, -0.2) is 16.2 Å². The maximum absolute atomic E-state index is 12.6. The van der Waals surface area contributed by atoms with Crippen molar-refractivity contribution in [2.45, 2.75) is 71.6 Å². The van der Waals surface area contributed by atoms with Crippen LogP contribution >= 0.6 is 0 Å². The Labute approximate surface area is 162 Å². The number of hydrogen-bond acceptors (Lipinski definition) is 1. The quantitative estimate of drug-likeness (QED) is 0.399. The Balaban J connectivity index is 2.24. The van der Waals surface area contributed by atoms with Crippen LogP contribution in [0.4, 0.5) is 8.78 Å². The lowest BCUT2D eigenvalue weighted by molar-refractivity contribution is 0.149. The summed E-state index contributed by atoms with van der Waals surface area (Å²) in [4.78, 5) is 0. The smallest absolute Gasteiger partial charge is 0.237 e. The van der Waals surface area contributed by atoms with Gasteiger partial charge in [-0.2, -0.15) is 5.10 Å². The Hall–Kier alpha value is -1.97. The molecule has 0 aliphatic heterocycles. The van der Waals surface area contributed by atoms with Gasteiger partial charge in [-0.05, 0) is 54.9 Å². The van der Waals surface area contributed by atoms with Crippen molar-refractivity contribution in [3.8, 4) is 5.69 Å². The highest BCUT2D eigenvalue weighted by Gasteiger charge is 2.16. The van der Waals surface area contributed by atoms with E-state index in [4.69, 9.17) is 5.10 Å². The van der Waals surface area contributed by atoms with Crippen molar-refractivity contribution in [1.82, 2.24) is 9.78 Å². The molecule has 2 nitrogen and oxygen atoms in total. The van der Waals surface area contributed by atoms with E-state index in [0.717, 1.165) is 36.3 Å². The summed E-state index contributed by atoms with van der Waals surface area (Å²) in [7, 11) is 0.